The van der Waals surface area contributed by atoms with Gasteiger partial charge in [0.2, 0.25) is 5.91 Å². The minimum absolute atomic E-state index is 0.0295. The second kappa shape index (κ2) is 5.95. The molecule has 24 heavy (non-hydrogen) atoms. The maximum absolute atomic E-state index is 12.5. The largest absolute Gasteiger partial charge is 0.369 e. The summed E-state index contributed by atoms with van der Waals surface area (Å²) >= 11 is 6.10. The summed E-state index contributed by atoms with van der Waals surface area (Å²) < 4.78 is 0. The molecule has 1 aliphatic heterocycles. The number of benzene rings is 2. The Labute approximate surface area is 146 Å². The van der Waals surface area contributed by atoms with Crippen molar-refractivity contribution < 1.29 is 4.79 Å². The smallest absolute Gasteiger partial charge is 0.234 e. The number of halogens is 1. The molecule has 0 fully saturated rings. The number of carbonyl (C=O) groups is 1. The third-order valence-corrected chi connectivity index (χ3v) is 5.07. The molecule has 0 bridgehead atoms. The molecule has 2 atom stereocenters. The molecule has 0 saturated heterocycles. The maximum Gasteiger partial charge on any atom is 0.234 e. The Bertz CT molecular complexity index is 833. The van der Waals surface area contributed by atoms with Crippen LogP contribution in [0.1, 0.15) is 19.4 Å². The molecule has 0 unspecified atom stereocenters. The topological polar surface area (TPSA) is 58.7 Å². The average molecular weight is 342 g/mol. The summed E-state index contributed by atoms with van der Waals surface area (Å²) in [7, 11) is 1.65. The van der Waals surface area contributed by atoms with E-state index in [4.69, 9.17) is 17.3 Å². The summed E-state index contributed by atoms with van der Waals surface area (Å²) in [5, 5.41) is 0.689. The highest BCUT2D eigenvalue weighted by molar-refractivity contribution is 6.30. The van der Waals surface area contributed by atoms with Crippen LogP contribution < -0.4 is 5.73 Å². The predicted octanol–water partition coefficient (Wildman–Crippen LogP) is 3.65. The zero-order chi connectivity index (χ0) is 17.5. The van der Waals surface area contributed by atoms with E-state index < -0.39 is 5.54 Å². The van der Waals surface area contributed by atoms with E-state index in [1.54, 1.807) is 7.05 Å². The monoisotopic (exact) mass is 341 g/mol. The van der Waals surface area contributed by atoms with Gasteiger partial charge in [-0.1, -0.05) is 48.9 Å². The van der Waals surface area contributed by atoms with Gasteiger partial charge in [0, 0.05) is 12.1 Å². The van der Waals surface area contributed by atoms with Crippen LogP contribution in [0.15, 0.2) is 53.5 Å². The molecule has 0 spiro atoms. The van der Waals surface area contributed by atoms with E-state index in [9.17, 15) is 4.79 Å². The highest BCUT2D eigenvalue weighted by atomic mass is 35.5. The Balaban J connectivity index is 2.10. The van der Waals surface area contributed by atoms with Crippen molar-refractivity contribution in [2.24, 2.45) is 16.6 Å². The van der Waals surface area contributed by atoms with Crippen molar-refractivity contribution in [2.45, 2.75) is 19.4 Å². The number of aliphatic imine (C=N–C) groups is 1. The Morgan fingerprint density at radius 2 is 1.79 bits per heavy atom. The molecule has 1 amide bonds. The molecular formula is C19H20ClN3O. The summed E-state index contributed by atoms with van der Waals surface area (Å²) in [6.45, 7) is 3.84. The molecule has 0 radical (unpaired) electrons. The molecule has 5 heteroatoms. The second-order valence-corrected chi connectivity index (χ2v) is 6.76. The first kappa shape index (κ1) is 16.5. The Morgan fingerprint density at radius 1 is 1.17 bits per heavy atom. The minimum atomic E-state index is -0.692. The zero-order valence-corrected chi connectivity index (χ0v) is 14.7. The van der Waals surface area contributed by atoms with Crippen molar-refractivity contribution in [2.75, 3.05) is 7.05 Å². The second-order valence-electron chi connectivity index (χ2n) is 6.33. The van der Waals surface area contributed by atoms with Crippen LogP contribution in [0.5, 0.6) is 0 Å². The van der Waals surface area contributed by atoms with Crippen LogP contribution in [0.4, 0.5) is 0 Å². The lowest BCUT2D eigenvalue weighted by molar-refractivity contribution is -0.133. The first-order valence-electron chi connectivity index (χ1n) is 7.82. The van der Waals surface area contributed by atoms with Crippen molar-refractivity contribution in [3.63, 3.8) is 0 Å². The van der Waals surface area contributed by atoms with Gasteiger partial charge in [0.1, 0.15) is 0 Å². The third-order valence-electron chi connectivity index (χ3n) is 4.84. The van der Waals surface area contributed by atoms with Gasteiger partial charge in [0.05, 0.1) is 11.5 Å². The van der Waals surface area contributed by atoms with E-state index in [0.29, 0.717) is 5.02 Å². The molecule has 2 aromatic rings. The standard InChI is InChI=1S/C19H20ClN3O/c1-12-17(24)23(3)18(21)22-19(12,2)15-8-4-6-13(10-15)14-7-5-9-16(20)11-14/h4-12H,1-3H3,(H2,21,22)/t12-,19-/m0/s1. The van der Waals surface area contributed by atoms with Crippen LogP contribution in [0, 0.1) is 5.92 Å². The summed E-state index contributed by atoms with van der Waals surface area (Å²) in [5.74, 6) is -0.0867. The van der Waals surface area contributed by atoms with Crippen molar-refractivity contribution in [1.29, 1.82) is 0 Å². The normalized spacial score (nSPS) is 24.0. The van der Waals surface area contributed by atoms with Crippen LogP contribution in [0.25, 0.3) is 11.1 Å². The van der Waals surface area contributed by atoms with E-state index in [-0.39, 0.29) is 17.8 Å². The Morgan fingerprint density at radius 3 is 2.46 bits per heavy atom. The Kier molecular flexibility index (Phi) is 4.10. The molecule has 1 aliphatic rings. The van der Waals surface area contributed by atoms with Gasteiger partial charge >= 0.3 is 0 Å². The summed E-state index contributed by atoms with van der Waals surface area (Å²) in [5.41, 5.74) is 8.27. The molecule has 2 N–H and O–H groups in total. The average Bonchev–Trinajstić information content (AvgIpc) is 2.58. The van der Waals surface area contributed by atoms with Gasteiger partial charge in [-0.2, -0.15) is 0 Å². The first-order valence-corrected chi connectivity index (χ1v) is 8.20. The minimum Gasteiger partial charge on any atom is -0.369 e. The Hall–Kier alpha value is -2.33. The van der Waals surface area contributed by atoms with Gasteiger partial charge in [-0.15, -0.1) is 0 Å². The fourth-order valence-corrected chi connectivity index (χ4v) is 3.24. The number of nitrogens with two attached hydrogens (primary N) is 1. The predicted molar refractivity (Wildman–Crippen MR) is 97.8 cm³/mol. The van der Waals surface area contributed by atoms with Crippen molar-refractivity contribution in [3.8, 4) is 11.1 Å². The summed E-state index contributed by atoms with van der Waals surface area (Å²) in [4.78, 5) is 18.5. The van der Waals surface area contributed by atoms with E-state index in [2.05, 4.69) is 11.1 Å². The van der Waals surface area contributed by atoms with Crippen LogP contribution in [-0.4, -0.2) is 23.8 Å². The quantitative estimate of drug-likeness (QED) is 0.906. The first-order chi connectivity index (χ1) is 11.3. The van der Waals surface area contributed by atoms with Gasteiger partial charge in [-0.3, -0.25) is 9.69 Å². The molecular weight excluding hydrogens is 322 g/mol. The number of guanidine groups is 1. The number of hydrogen-bond acceptors (Lipinski definition) is 3. The highest BCUT2D eigenvalue weighted by Gasteiger charge is 2.43. The fourth-order valence-electron chi connectivity index (χ4n) is 3.05. The van der Waals surface area contributed by atoms with Gasteiger partial charge < -0.3 is 5.73 Å². The van der Waals surface area contributed by atoms with Crippen molar-refractivity contribution in [1.82, 2.24) is 4.90 Å². The van der Waals surface area contributed by atoms with Crippen LogP contribution in [0.3, 0.4) is 0 Å². The number of rotatable bonds is 2. The summed E-state index contributed by atoms with van der Waals surface area (Å²) in [6.07, 6.45) is 0. The van der Waals surface area contributed by atoms with E-state index >= 15 is 0 Å². The third kappa shape index (κ3) is 2.67. The van der Waals surface area contributed by atoms with Crippen LogP contribution >= 0.6 is 11.6 Å². The molecule has 1 heterocycles. The molecule has 0 aromatic heterocycles. The fraction of sp³-hybridized carbons (Fsp3) is 0.263. The summed E-state index contributed by atoms with van der Waals surface area (Å²) in [6, 6.07) is 15.7. The van der Waals surface area contributed by atoms with Gasteiger partial charge in [0.25, 0.3) is 0 Å². The van der Waals surface area contributed by atoms with Gasteiger partial charge in [-0.25, -0.2) is 4.99 Å². The number of hydrogen-bond donors (Lipinski definition) is 1. The molecule has 0 saturated carbocycles. The molecule has 0 aliphatic carbocycles. The van der Waals surface area contributed by atoms with Crippen molar-refractivity contribution >= 4 is 23.5 Å². The number of amides is 1. The molecule has 2 aromatic carbocycles. The molecule has 124 valence electrons. The van der Waals surface area contributed by atoms with Gasteiger partial charge in [-0.05, 0) is 41.8 Å². The van der Waals surface area contributed by atoms with E-state index in [0.717, 1.165) is 16.7 Å². The number of nitrogens with zero attached hydrogens (tertiary/aromatic N) is 2. The maximum atomic E-state index is 12.5. The molecule has 4 nitrogen and oxygen atoms in total. The molecule has 3 rings (SSSR count). The van der Waals surface area contributed by atoms with Crippen LogP contribution in [-0.2, 0) is 10.3 Å². The number of carbonyl (C=O) groups excluding carboxylic acids is 1. The highest BCUT2D eigenvalue weighted by Crippen LogP contribution is 2.38. The SMILES string of the molecule is C[C@H]1C(=O)N(C)C(N)=N[C@]1(C)c1cccc(-c2cccc(Cl)c2)c1. The van der Waals surface area contributed by atoms with Crippen LogP contribution in [0.2, 0.25) is 5.02 Å². The lowest BCUT2D eigenvalue weighted by Gasteiger charge is -2.39. The lowest BCUT2D eigenvalue weighted by Crippen LogP contribution is -2.52. The zero-order valence-electron chi connectivity index (χ0n) is 14.0. The van der Waals surface area contributed by atoms with Crippen molar-refractivity contribution in [3.05, 3.63) is 59.1 Å². The van der Waals surface area contributed by atoms with E-state index in [1.807, 2.05) is 56.3 Å². The van der Waals surface area contributed by atoms with Gasteiger partial charge in [0.15, 0.2) is 5.96 Å². The lowest BCUT2D eigenvalue weighted by atomic mass is 9.78. The van der Waals surface area contributed by atoms with E-state index in [1.165, 1.54) is 4.90 Å².